The van der Waals surface area contributed by atoms with E-state index in [4.69, 9.17) is 27.9 Å². The minimum atomic E-state index is -3.75. The summed E-state index contributed by atoms with van der Waals surface area (Å²) in [6, 6.07) is 12.4. The third kappa shape index (κ3) is 5.72. The van der Waals surface area contributed by atoms with Crippen molar-refractivity contribution in [3.8, 4) is 0 Å². The summed E-state index contributed by atoms with van der Waals surface area (Å²) in [5.41, 5.74) is 0.487. The lowest BCUT2D eigenvalue weighted by molar-refractivity contribution is -0.152. The van der Waals surface area contributed by atoms with Crippen LogP contribution in [0, 0.1) is 5.92 Å². The van der Waals surface area contributed by atoms with Crippen LogP contribution in [-0.2, 0) is 24.3 Å². The number of hydrogen-bond donors (Lipinski definition) is 1. The number of halogens is 2. The number of amides is 1. The van der Waals surface area contributed by atoms with Crippen molar-refractivity contribution in [3.63, 3.8) is 0 Å². The van der Waals surface area contributed by atoms with Gasteiger partial charge < -0.3 is 10.1 Å². The van der Waals surface area contributed by atoms with Crippen molar-refractivity contribution in [2.45, 2.75) is 17.7 Å². The number of carbonyl (C=O) groups excluding carboxylic acids is 2. The monoisotopic (exact) mass is 470 g/mol. The van der Waals surface area contributed by atoms with E-state index in [-0.39, 0.29) is 11.4 Å². The SMILES string of the molecule is O=C(COC(=O)C1CCCN(S(=O)(=O)c2ccc(Cl)cc2)C1)Nc1cccc(Cl)c1. The van der Waals surface area contributed by atoms with E-state index in [0.29, 0.717) is 35.1 Å². The second kappa shape index (κ2) is 9.78. The van der Waals surface area contributed by atoms with Gasteiger partial charge in [-0.2, -0.15) is 4.31 Å². The van der Waals surface area contributed by atoms with Gasteiger partial charge >= 0.3 is 5.97 Å². The molecule has 10 heteroatoms. The van der Waals surface area contributed by atoms with Crippen LogP contribution >= 0.6 is 23.2 Å². The lowest BCUT2D eigenvalue weighted by Gasteiger charge is -2.30. The zero-order valence-corrected chi connectivity index (χ0v) is 18.2. The summed E-state index contributed by atoms with van der Waals surface area (Å²) >= 11 is 11.7. The summed E-state index contributed by atoms with van der Waals surface area (Å²) in [5, 5.41) is 3.48. The standard InChI is InChI=1S/C20H20Cl2N2O5S/c21-15-6-8-18(9-7-15)30(27,28)24-10-2-3-14(12-24)20(26)29-13-19(25)23-17-5-1-4-16(22)11-17/h1,4-9,11,14H,2-3,10,12-13H2,(H,23,25). The molecule has 1 heterocycles. The van der Waals surface area contributed by atoms with Crippen LogP contribution in [0.15, 0.2) is 53.4 Å². The third-order valence-electron chi connectivity index (χ3n) is 4.62. The molecule has 1 unspecified atom stereocenters. The number of benzene rings is 2. The Hall–Kier alpha value is -2.13. The van der Waals surface area contributed by atoms with Crippen molar-refractivity contribution in [2.75, 3.05) is 25.0 Å². The summed E-state index contributed by atoms with van der Waals surface area (Å²) in [4.78, 5) is 24.5. The topological polar surface area (TPSA) is 92.8 Å². The average Bonchev–Trinajstić information content (AvgIpc) is 2.72. The third-order valence-corrected chi connectivity index (χ3v) is 6.99. The van der Waals surface area contributed by atoms with Crippen LogP contribution < -0.4 is 5.32 Å². The number of esters is 1. The Kier molecular flexibility index (Phi) is 7.36. The Morgan fingerprint density at radius 2 is 1.83 bits per heavy atom. The second-order valence-electron chi connectivity index (χ2n) is 6.82. The van der Waals surface area contributed by atoms with Crippen molar-refractivity contribution in [2.24, 2.45) is 5.92 Å². The first-order valence-electron chi connectivity index (χ1n) is 9.23. The molecule has 30 heavy (non-hydrogen) atoms. The van der Waals surface area contributed by atoms with Crippen molar-refractivity contribution < 1.29 is 22.7 Å². The molecular formula is C20H20Cl2N2O5S. The molecule has 1 aliphatic rings. The van der Waals surface area contributed by atoms with Crippen LogP contribution in [0.25, 0.3) is 0 Å². The highest BCUT2D eigenvalue weighted by Crippen LogP contribution is 2.25. The average molecular weight is 471 g/mol. The van der Waals surface area contributed by atoms with Gasteiger partial charge in [0.15, 0.2) is 6.61 Å². The molecular weight excluding hydrogens is 451 g/mol. The van der Waals surface area contributed by atoms with Crippen molar-refractivity contribution in [1.29, 1.82) is 0 Å². The molecule has 0 radical (unpaired) electrons. The Morgan fingerprint density at radius 3 is 2.53 bits per heavy atom. The summed E-state index contributed by atoms with van der Waals surface area (Å²) in [7, 11) is -3.75. The van der Waals surface area contributed by atoms with Gasteiger partial charge in [0.25, 0.3) is 5.91 Å². The van der Waals surface area contributed by atoms with E-state index in [1.54, 1.807) is 24.3 Å². The predicted molar refractivity (Wildman–Crippen MR) is 114 cm³/mol. The lowest BCUT2D eigenvalue weighted by Crippen LogP contribution is -2.43. The summed E-state index contributed by atoms with van der Waals surface area (Å²) in [5.74, 6) is -1.75. The molecule has 0 aromatic heterocycles. The number of rotatable bonds is 6. The molecule has 1 N–H and O–H groups in total. The van der Waals surface area contributed by atoms with E-state index in [0.717, 1.165) is 0 Å². The molecule has 2 aromatic carbocycles. The Bertz CT molecular complexity index is 1030. The molecule has 0 aliphatic carbocycles. The predicted octanol–water partition coefficient (Wildman–Crippen LogP) is 3.58. The maximum Gasteiger partial charge on any atom is 0.310 e. The van der Waals surface area contributed by atoms with Crippen LogP contribution in [0.4, 0.5) is 5.69 Å². The van der Waals surface area contributed by atoms with Crippen LogP contribution in [-0.4, -0.2) is 44.3 Å². The Morgan fingerprint density at radius 1 is 1.10 bits per heavy atom. The molecule has 0 bridgehead atoms. The zero-order chi connectivity index (χ0) is 21.7. The molecule has 1 aliphatic heterocycles. The number of piperidine rings is 1. The van der Waals surface area contributed by atoms with Crippen molar-refractivity contribution in [1.82, 2.24) is 4.31 Å². The van der Waals surface area contributed by atoms with Gasteiger partial charge in [-0.3, -0.25) is 9.59 Å². The van der Waals surface area contributed by atoms with Gasteiger partial charge in [-0.05, 0) is 55.3 Å². The number of sulfonamides is 1. The molecule has 3 rings (SSSR count). The minimum absolute atomic E-state index is 0.000292. The molecule has 0 saturated carbocycles. The fraction of sp³-hybridized carbons (Fsp3) is 0.300. The van der Waals surface area contributed by atoms with Crippen molar-refractivity contribution >= 4 is 50.8 Å². The van der Waals surface area contributed by atoms with E-state index >= 15 is 0 Å². The van der Waals surface area contributed by atoms with E-state index in [1.165, 1.54) is 28.6 Å². The normalized spacial score (nSPS) is 17.3. The number of anilines is 1. The Balaban J connectivity index is 1.56. The van der Waals surface area contributed by atoms with Crippen LogP contribution in [0.5, 0.6) is 0 Å². The number of nitrogens with zero attached hydrogens (tertiary/aromatic N) is 1. The van der Waals surface area contributed by atoms with E-state index in [9.17, 15) is 18.0 Å². The molecule has 160 valence electrons. The van der Waals surface area contributed by atoms with Gasteiger partial charge in [0, 0.05) is 28.8 Å². The van der Waals surface area contributed by atoms with E-state index in [2.05, 4.69) is 5.32 Å². The summed E-state index contributed by atoms with van der Waals surface area (Å²) < 4.78 is 32.0. The van der Waals surface area contributed by atoms with E-state index in [1.807, 2.05) is 0 Å². The number of hydrogen-bond acceptors (Lipinski definition) is 5. The smallest absolute Gasteiger partial charge is 0.310 e. The molecule has 1 atom stereocenters. The molecule has 0 spiro atoms. The molecule has 1 amide bonds. The van der Waals surface area contributed by atoms with Crippen LogP contribution in [0.3, 0.4) is 0 Å². The quantitative estimate of drug-likeness (QED) is 0.651. The number of carbonyl (C=O) groups is 2. The summed E-state index contributed by atoms with van der Waals surface area (Å²) in [6.45, 7) is -0.157. The molecule has 7 nitrogen and oxygen atoms in total. The minimum Gasteiger partial charge on any atom is -0.455 e. The highest BCUT2D eigenvalue weighted by molar-refractivity contribution is 7.89. The number of ether oxygens (including phenoxy) is 1. The second-order valence-corrected chi connectivity index (χ2v) is 9.63. The number of nitrogens with one attached hydrogen (secondary N) is 1. The van der Waals surface area contributed by atoms with Gasteiger partial charge in [0.1, 0.15) is 0 Å². The Labute approximate surface area is 185 Å². The zero-order valence-electron chi connectivity index (χ0n) is 15.9. The maximum atomic E-state index is 12.8. The summed E-state index contributed by atoms with van der Waals surface area (Å²) in [6.07, 6.45) is 1.00. The largest absolute Gasteiger partial charge is 0.455 e. The highest BCUT2D eigenvalue weighted by Gasteiger charge is 2.34. The first kappa shape index (κ1) is 22.6. The van der Waals surface area contributed by atoms with Gasteiger partial charge in [-0.1, -0.05) is 29.3 Å². The molecule has 2 aromatic rings. The van der Waals surface area contributed by atoms with E-state index < -0.39 is 34.4 Å². The van der Waals surface area contributed by atoms with Gasteiger partial charge in [-0.25, -0.2) is 8.42 Å². The highest BCUT2D eigenvalue weighted by atomic mass is 35.5. The first-order chi connectivity index (χ1) is 14.3. The molecule has 1 fully saturated rings. The lowest BCUT2D eigenvalue weighted by atomic mass is 10.00. The fourth-order valence-corrected chi connectivity index (χ4v) is 4.97. The van der Waals surface area contributed by atoms with Gasteiger partial charge in [-0.15, -0.1) is 0 Å². The van der Waals surface area contributed by atoms with Crippen LogP contribution in [0.2, 0.25) is 10.0 Å². The van der Waals surface area contributed by atoms with Gasteiger partial charge in [0.2, 0.25) is 10.0 Å². The van der Waals surface area contributed by atoms with Crippen molar-refractivity contribution in [3.05, 3.63) is 58.6 Å². The molecule has 1 saturated heterocycles. The first-order valence-corrected chi connectivity index (χ1v) is 11.4. The fourth-order valence-electron chi connectivity index (χ4n) is 3.13. The van der Waals surface area contributed by atoms with Gasteiger partial charge in [0.05, 0.1) is 10.8 Å². The van der Waals surface area contributed by atoms with Crippen LogP contribution in [0.1, 0.15) is 12.8 Å². The maximum absolute atomic E-state index is 12.8.